The summed E-state index contributed by atoms with van der Waals surface area (Å²) in [6.07, 6.45) is 1.18. The zero-order valence-electron chi connectivity index (χ0n) is 17.1. The highest BCUT2D eigenvalue weighted by molar-refractivity contribution is 7.17. The van der Waals surface area contributed by atoms with Crippen molar-refractivity contribution in [3.8, 4) is 5.75 Å². The number of anilines is 1. The van der Waals surface area contributed by atoms with Crippen molar-refractivity contribution >= 4 is 45.8 Å². The van der Waals surface area contributed by atoms with Gasteiger partial charge in [0.2, 0.25) is 0 Å². The predicted octanol–water partition coefficient (Wildman–Crippen LogP) is 4.03. The number of aryl methyl sites for hydroxylation is 3. The Bertz CT molecular complexity index is 992. The molecule has 0 spiro atoms. The molecule has 0 radical (unpaired) electrons. The number of thiophene rings is 1. The lowest BCUT2D eigenvalue weighted by Crippen LogP contribution is -2.22. The Balaban J connectivity index is 1.79. The molecule has 1 aromatic carbocycles. The van der Waals surface area contributed by atoms with Gasteiger partial charge in [-0.2, -0.15) is 0 Å². The number of amides is 1. The van der Waals surface area contributed by atoms with Gasteiger partial charge in [-0.25, -0.2) is 4.79 Å². The second-order valence-electron chi connectivity index (χ2n) is 6.96. The van der Waals surface area contributed by atoms with E-state index in [2.05, 4.69) is 5.32 Å². The van der Waals surface area contributed by atoms with Crippen molar-refractivity contribution in [2.24, 2.45) is 0 Å². The smallest absolute Gasteiger partial charge is 0.341 e. The number of fused-ring (bicyclic) bond motifs is 1. The van der Waals surface area contributed by atoms with Gasteiger partial charge in [-0.1, -0.05) is 11.6 Å². The van der Waals surface area contributed by atoms with E-state index in [-0.39, 0.29) is 12.2 Å². The van der Waals surface area contributed by atoms with E-state index in [1.54, 1.807) is 12.1 Å². The number of carbonyl (C=O) groups is 3. The summed E-state index contributed by atoms with van der Waals surface area (Å²) in [6.45, 7) is 3.47. The Hall–Kier alpha value is -2.58. The molecular formula is C21H22ClNO6S. The average molecular weight is 452 g/mol. The Morgan fingerprint density at radius 2 is 1.83 bits per heavy atom. The number of methoxy groups -OCH3 is 2. The summed E-state index contributed by atoms with van der Waals surface area (Å²) in [5, 5.41) is 3.72. The van der Waals surface area contributed by atoms with Gasteiger partial charge in [0.25, 0.3) is 5.91 Å². The van der Waals surface area contributed by atoms with Gasteiger partial charge in [0, 0.05) is 9.90 Å². The molecule has 0 bridgehead atoms. The molecule has 1 aliphatic carbocycles. The van der Waals surface area contributed by atoms with E-state index in [1.165, 1.54) is 25.6 Å². The van der Waals surface area contributed by atoms with Crippen molar-refractivity contribution in [1.82, 2.24) is 0 Å². The van der Waals surface area contributed by atoms with E-state index < -0.39 is 23.8 Å². The van der Waals surface area contributed by atoms with Gasteiger partial charge in [-0.15, -0.1) is 11.3 Å². The third kappa shape index (κ3) is 4.29. The van der Waals surface area contributed by atoms with Crippen LogP contribution in [-0.4, -0.2) is 38.7 Å². The summed E-state index contributed by atoms with van der Waals surface area (Å²) in [5.41, 5.74) is 2.49. The second kappa shape index (κ2) is 9.06. The maximum atomic E-state index is 12.5. The first-order chi connectivity index (χ1) is 14.3. The van der Waals surface area contributed by atoms with Crippen LogP contribution in [0.4, 0.5) is 5.00 Å². The van der Waals surface area contributed by atoms with E-state index in [4.69, 9.17) is 25.8 Å². The first-order valence-corrected chi connectivity index (χ1v) is 10.5. The lowest BCUT2D eigenvalue weighted by molar-refractivity contribution is -0.142. The Morgan fingerprint density at radius 3 is 2.43 bits per heavy atom. The number of halogens is 1. The van der Waals surface area contributed by atoms with Crippen LogP contribution in [0.3, 0.4) is 0 Å². The monoisotopic (exact) mass is 451 g/mol. The largest absolute Gasteiger partial charge is 0.484 e. The number of carbonyl (C=O) groups excluding carboxylic acids is 3. The number of rotatable bonds is 6. The quantitative estimate of drug-likeness (QED) is 0.667. The van der Waals surface area contributed by atoms with Gasteiger partial charge >= 0.3 is 11.9 Å². The maximum Gasteiger partial charge on any atom is 0.341 e. The summed E-state index contributed by atoms with van der Waals surface area (Å²) in [6, 6.07) is 3.51. The molecule has 0 aliphatic heterocycles. The summed E-state index contributed by atoms with van der Waals surface area (Å²) in [4.78, 5) is 37.9. The molecule has 0 saturated carbocycles. The second-order valence-corrected chi connectivity index (χ2v) is 8.44. The van der Waals surface area contributed by atoms with Crippen LogP contribution in [0.15, 0.2) is 12.1 Å². The average Bonchev–Trinajstić information content (AvgIpc) is 3.27. The van der Waals surface area contributed by atoms with Crippen molar-refractivity contribution < 1.29 is 28.6 Å². The molecule has 7 nitrogen and oxygen atoms in total. The lowest BCUT2D eigenvalue weighted by atomic mass is 9.99. The third-order valence-corrected chi connectivity index (χ3v) is 6.72. The van der Waals surface area contributed by atoms with E-state index >= 15 is 0 Å². The van der Waals surface area contributed by atoms with Gasteiger partial charge in [-0.05, 0) is 55.5 Å². The molecule has 9 heteroatoms. The minimum absolute atomic E-state index is 0.205. The molecule has 1 N–H and O–H groups in total. The molecular weight excluding hydrogens is 430 g/mol. The third-order valence-electron chi connectivity index (χ3n) is 4.94. The van der Waals surface area contributed by atoms with Crippen LogP contribution in [0.25, 0.3) is 0 Å². The highest BCUT2D eigenvalue weighted by Gasteiger charge is 2.38. The van der Waals surface area contributed by atoms with E-state index in [0.29, 0.717) is 34.2 Å². The van der Waals surface area contributed by atoms with Crippen LogP contribution in [0.5, 0.6) is 5.75 Å². The van der Waals surface area contributed by atoms with Crippen LogP contribution in [0, 0.1) is 13.8 Å². The maximum absolute atomic E-state index is 12.5. The van der Waals surface area contributed by atoms with Crippen molar-refractivity contribution in [3.05, 3.63) is 44.3 Å². The fraction of sp³-hybridized carbons (Fsp3) is 0.381. The predicted molar refractivity (Wildman–Crippen MR) is 114 cm³/mol. The molecule has 1 aromatic heterocycles. The van der Waals surface area contributed by atoms with Crippen LogP contribution < -0.4 is 10.1 Å². The highest BCUT2D eigenvalue weighted by Crippen LogP contribution is 2.45. The highest BCUT2D eigenvalue weighted by atomic mass is 35.5. The van der Waals surface area contributed by atoms with Crippen molar-refractivity contribution in [2.45, 2.75) is 32.6 Å². The number of hydrogen-bond acceptors (Lipinski definition) is 7. The van der Waals surface area contributed by atoms with Gasteiger partial charge in [0.1, 0.15) is 10.8 Å². The fourth-order valence-electron chi connectivity index (χ4n) is 3.54. The van der Waals surface area contributed by atoms with Crippen LogP contribution in [0.1, 0.15) is 44.3 Å². The number of ether oxygens (including phenoxy) is 3. The normalized spacial score (nSPS) is 14.8. The minimum Gasteiger partial charge on any atom is -0.484 e. The first kappa shape index (κ1) is 22.1. The van der Waals surface area contributed by atoms with Gasteiger partial charge in [-0.3, -0.25) is 9.59 Å². The molecule has 1 heterocycles. The van der Waals surface area contributed by atoms with Crippen molar-refractivity contribution in [1.29, 1.82) is 0 Å². The Morgan fingerprint density at radius 1 is 1.17 bits per heavy atom. The Labute approximate surface area is 183 Å². The van der Waals surface area contributed by atoms with Gasteiger partial charge in [0.05, 0.1) is 25.7 Å². The molecule has 1 amide bonds. The standard InChI is InChI=1S/C21H22ClNO6S/c1-10-7-12(8-11(2)18(10)22)29-9-15(24)23-19-17(21(26)28-4)16-13(20(25)27-3)5-6-14(16)30-19/h7-8,13H,5-6,9H2,1-4H3,(H,23,24). The summed E-state index contributed by atoms with van der Waals surface area (Å²) in [7, 11) is 2.57. The number of hydrogen-bond donors (Lipinski definition) is 1. The van der Waals surface area contributed by atoms with Crippen LogP contribution in [0.2, 0.25) is 5.02 Å². The summed E-state index contributed by atoms with van der Waals surface area (Å²) >= 11 is 7.42. The zero-order valence-corrected chi connectivity index (χ0v) is 18.7. The van der Waals surface area contributed by atoms with E-state index in [9.17, 15) is 14.4 Å². The molecule has 0 saturated heterocycles. The fourth-order valence-corrected chi connectivity index (χ4v) is 4.93. The molecule has 1 atom stereocenters. The van der Waals surface area contributed by atoms with Crippen LogP contribution >= 0.6 is 22.9 Å². The minimum atomic E-state index is -0.608. The number of nitrogens with one attached hydrogen (secondary N) is 1. The van der Waals surface area contributed by atoms with Gasteiger partial charge < -0.3 is 19.5 Å². The van der Waals surface area contributed by atoms with Gasteiger partial charge in [0.15, 0.2) is 6.61 Å². The molecule has 0 fully saturated rings. The SMILES string of the molecule is COC(=O)c1c(NC(=O)COc2cc(C)c(Cl)c(C)c2)sc2c1C(C(=O)OC)CC2. The number of benzene rings is 1. The zero-order chi connectivity index (χ0) is 22.0. The van der Waals surface area contributed by atoms with E-state index in [1.807, 2.05) is 13.8 Å². The lowest BCUT2D eigenvalue weighted by Gasteiger charge is -2.12. The molecule has 1 aliphatic rings. The van der Waals surface area contributed by atoms with Crippen LogP contribution in [-0.2, 0) is 25.5 Å². The molecule has 30 heavy (non-hydrogen) atoms. The number of esters is 2. The topological polar surface area (TPSA) is 90.9 Å². The van der Waals surface area contributed by atoms with Crippen molar-refractivity contribution in [3.63, 3.8) is 0 Å². The van der Waals surface area contributed by atoms with Crippen molar-refractivity contribution in [2.75, 3.05) is 26.1 Å². The summed E-state index contributed by atoms with van der Waals surface area (Å²) < 4.78 is 15.3. The molecule has 1 unspecified atom stereocenters. The molecule has 2 aromatic rings. The van der Waals surface area contributed by atoms with E-state index in [0.717, 1.165) is 16.0 Å². The first-order valence-electron chi connectivity index (χ1n) is 9.27. The molecule has 3 rings (SSSR count). The summed E-state index contributed by atoms with van der Waals surface area (Å²) in [5.74, 6) is -1.47. The molecule has 160 valence electrons. The Kier molecular flexibility index (Phi) is 6.67.